The van der Waals surface area contributed by atoms with E-state index in [9.17, 15) is 18.0 Å². The van der Waals surface area contributed by atoms with Crippen molar-refractivity contribution in [1.82, 2.24) is 9.88 Å². The third kappa shape index (κ3) is 6.24. The van der Waals surface area contributed by atoms with Crippen LogP contribution >= 0.6 is 11.6 Å². The molecule has 1 aliphatic heterocycles. The highest BCUT2D eigenvalue weighted by atomic mass is 35.5. The van der Waals surface area contributed by atoms with Gasteiger partial charge in [-0.2, -0.15) is 13.2 Å². The number of anilines is 2. The number of pyridine rings is 1. The summed E-state index contributed by atoms with van der Waals surface area (Å²) in [7, 11) is 0. The number of carbonyl (C=O) groups excluding carboxylic acids is 1. The van der Waals surface area contributed by atoms with E-state index in [0.717, 1.165) is 50.2 Å². The van der Waals surface area contributed by atoms with E-state index >= 15 is 0 Å². The molecule has 1 aromatic carbocycles. The molecule has 0 unspecified atom stereocenters. The third-order valence-corrected chi connectivity index (χ3v) is 5.36. The second-order valence-electron chi connectivity index (χ2n) is 7.29. The van der Waals surface area contributed by atoms with E-state index in [4.69, 9.17) is 11.6 Å². The van der Waals surface area contributed by atoms with Crippen LogP contribution in [-0.2, 0) is 0 Å². The van der Waals surface area contributed by atoms with Crippen molar-refractivity contribution >= 4 is 28.9 Å². The lowest BCUT2D eigenvalue weighted by atomic mass is 10.1. The van der Waals surface area contributed by atoms with Crippen molar-refractivity contribution in [2.24, 2.45) is 0 Å². The SMILES string of the molecule is CCN1CCN(c2ccc(NC(=O)c3cnc(OCC(F)(F)F)c(Cl)c3)c(C)c2)CC1. The second kappa shape index (κ2) is 9.74. The topological polar surface area (TPSA) is 57.7 Å². The van der Waals surface area contributed by atoms with Gasteiger partial charge in [-0.25, -0.2) is 4.98 Å². The Morgan fingerprint density at radius 1 is 1.23 bits per heavy atom. The van der Waals surface area contributed by atoms with Crippen LogP contribution in [0.2, 0.25) is 5.02 Å². The predicted molar refractivity (Wildman–Crippen MR) is 114 cm³/mol. The molecule has 1 saturated heterocycles. The Morgan fingerprint density at radius 3 is 2.52 bits per heavy atom. The smallest absolute Gasteiger partial charge is 0.422 e. The summed E-state index contributed by atoms with van der Waals surface area (Å²) in [5.41, 5.74) is 2.74. The number of aryl methyl sites for hydroxylation is 1. The summed E-state index contributed by atoms with van der Waals surface area (Å²) in [6.07, 6.45) is -3.38. The fourth-order valence-corrected chi connectivity index (χ4v) is 3.53. The molecule has 0 atom stereocenters. The monoisotopic (exact) mass is 456 g/mol. The molecule has 0 radical (unpaired) electrons. The van der Waals surface area contributed by atoms with Gasteiger partial charge >= 0.3 is 6.18 Å². The third-order valence-electron chi connectivity index (χ3n) is 5.09. The molecule has 1 amide bonds. The minimum Gasteiger partial charge on any atom is -0.467 e. The first kappa shape index (κ1) is 23.1. The molecule has 168 valence electrons. The Kier molecular flexibility index (Phi) is 7.27. The fourth-order valence-electron chi connectivity index (χ4n) is 3.31. The van der Waals surface area contributed by atoms with Gasteiger partial charge in [-0.3, -0.25) is 4.79 Å². The van der Waals surface area contributed by atoms with Gasteiger partial charge in [-0.1, -0.05) is 18.5 Å². The molecule has 10 heteroatoms. The number of alkyl halides is 3. The summed E-state index contributed by atoms with van der Waals surface area (Å²) in [6, 6.07) is 7.05. The average molecular weight is 457 g/mol. The van der Waals surface area contributed by atoms with E-state index in [1.54, 1.807) is 0 Å². The lowest BCUT2D eigenvalue weighted by molar-refractivity contribution is -0.154. The van der Waals surface area contributed by atoms with Crippen molar-refractivity contribution in [3.8, 4) is 5.88 Å². The van der Waals surface area contributed by atoms with Crippen LogP contribution in [0.1, 0.15) is 22.8 Å². The standard InChI is InChI=1S/C21H24ClF3N4O2/c1-3-28-6-8-29(9-7-28)16-4-5-18(14(2)10-16)27-19(30)15-11-17(22)20(26-12-15)31-13-21(23,24)25/h4-5,10-12H,3,6-9,13H2,1-2H3,(H,27,30). The predicted octanol–water partition coefficient (Wildman–Crippen LogP) is 4.38. The first-order chi connectivity index (χ1) is 14.7. The number of amides is 1. The van der Waals surface area contributed by atoms with E-state index < -0.39 is 18.7 Å². The van der Waals surface area contributed by atoms with Crippen LogP contribution in [0.15, 0.2) is 30.5 Å². The molecule has 0 aliphatic carbocycles. The van der Waals surface area contributed by atoms with Crippen molar-refractivity contribution in [1.29, 1.82) is 0 Å². The molecule has 2 aromatic rings. The highest BCUT2D eigenvalue weighted by molar-refractivity contribution is 6.32. The Bertz CT molecular complexity index is 931. The maximum atomic E-state index is 12.6. The highest BCUT2D eigenvalue weighted by Gasteiger charge is 2.29. The summed E-state index contributed by atoms with van der Waals surface area (Å²) in [6.45, 7) is 7.53. The summed E-state index contributed by atoms with van der Waals surface area (Å²) in [4.78, 5) is 21.0. The Morgan fingerprint density at radius 2 is 1.94 bits per heavy atom. The van der Waals surface area contributed by atoms with Gasteiger partial charge in [-0.05, 0) is 43.3 Å². The first-order valence-electron chi connectivity index (χ1n) is 9.90. The number of halogens is 4. The van der Waals surface area contributed by atoms with Gasteiger partial charge in [0.15, 0.2) is 6.61 Å². The number of piperazine rings is 1. The zero-order valence-corrected chi connectivity index (χ0v) is 18.1. The van der Waals surface area contributed by atoms with Crippen LogP contribution in [0, 0.1) is 6.92 Å². The van der Waals surface area contributed by atoms with E-state index in [1.807, 2.05) is 25.1 Å². The molecular weight excluding hydrogens is 433 g/mol. The summed E-state index contributed by atoms with van der Waals surface area (Å²) in [5, 5.41) is 2.62. The summed E-state index contributed by atoms with van der Waals surface area (Å²) >= 11 is 5.92. The van der Waals surface area contributed by atoms with E-state index in [-0.39, 0.29) is 16.5 Å². The van der Waals surface area contributed by atoms with Gasteiger partial charge in [0, 0.05) is 43.8 Å². The second-order valence-corrected chi connectivity index (χ2v) is 7.70. The number of nitrogens with zero attached hydrogens (tertiary/aromatic N) is 3. The normalized spacial score (nSPS) is 15.1. The quantitative estimate of drug-likeness (QED) is 0.699. The van der Waals surface area contributed by atoms with Crippen LogP contribution in [0.5, 0.6) is 5.88 Å². The Labute approximate surface area is 183 Å². The van der Waals surface area contributed by atoms with Gasteiger partial charge in [0.2, 0.25) is 5.88 Å². The molecule has 6 nitrogen and oxygen atoms in total. The summed E-state index contributed by atoms with van der Waals surface area (Å²) < 4.78 is 41.4. The molecule has 0 spiro atoms. The number of hydrogen-bond acceptors (Lipinski definition) is 5. The first-order valence-corrected chi connectivity index (χ1v) is 10.3. The molecule has 2 heterocycles. The minimum atomic E-state index is -4.51. The molecule has 1 N–H and O–H groups in total. The van der Waals surface area contributed by atoms with Crippen LogP contribution in [0.25, 0.3) is 0 Å². The maximum absolute atomic E-state index is 12.6. The number of ether oxygens (including phenoxy) is 1. The van der Waals surface area contributed by atoms with Gasteiger partial charge in [-0.15, -0.1) is 0 Å². The number of carbonyl (C=O) groups is 1. The van der Waals surface area contributed by atoms with Crippen molar-refractivity contribution in [3.63, 3.8) is 0 Å². The number of hydrogen-bond donors (Lipinski definition) is 1. The van der Waals surface area contributed by atoms with Crippen molar-refractivity contribution in [3.05, 3.63) is 46.6 Å². The van der Waals surface area contributed by atoms with Crippen LogP contribution in [0.4, 0.5) is 24.5 Å². The number of likely N-dealkylation sites (N-methyl/N-ethyl adjacent to an activating group) is 1. The van der Waals surface area contributed by atoms with Gasteiger partial charge < -0.3 is 19.9 Å². The number of aromatic nitrogens is 1. The van der Waals surface area contributed by atoms with E-state index in [2.05, 4.69) is 31.8 Å². The fraction of sp³-hybridized carbons (Fsp3) is 0.429. The molecule has 0 bridgehead atoms. The highest BCUT2D eigenvalue weighted by Crippen LogP contribution is 2.27. The van der Waals surface area contributed by atoms with Gasteiger partial charge in [0.1, 0.15) is 5.02 Å². The number of benzene rings is 1. The Hall–Kier alpha value is -2.52. The van der Waals surface area contributed by atoms with Crippen molar-refractivity contribution in [2.45, 2.75) is 20.0 Å². The largest absolute Gasteiger partial charge is 0.467 e. The lowest BCUT2D eigenvalue weighted by Crippen LogP contribution is -2.46. The van der Waals surface area contributed by atoms with Crippen molar-refractivity contribution < 1.29 is 22.7 Å². The van der Waals surface area contributed by atoms with Crippen LogP contribution in [-0.4, -0.2) is 61.3 Å². The number of rotatable bonds is 6. The molecule has 0 saturated carbocycles. The summed E-state index contributed by atoms with van der Waals surface area (Å²) in [5.74, 6) is -0.844. The lowest BCUT2D eigenvalue weighted by Gasteiger charge is -2.35. The maximum Gasteiger partial charge on any atom is 0.422 e. The van der Waals surface area contributed by atoms with Crippen molar-refractivity contribution in [2.75, 3.05) is 49.5 Å². The van der Waals surface area contributed by atoms with Gasteiger partial charge in [0.25, 0.3) is 5.91 Å². The molecule has 1 aliphatic rings. The molecule has 1 fully saturated rings. The number of nitrogens with one attached hydrogen (secondary N) is 1. The minimum absolute atomic E-state index is 0.114. The average Bonchev–Trinajstić information content (AvgIpc) is 2.73. The molecular formula is C21H24ClF3N4O2. The molecule has 3 rings (SSSR count). The van der Waals surface area contributed by atoms with E-state index in [1.165, 1.54) is 6.07 Å². The van der Waals surface area contributed by atoms with Crippen LogP contribution < -0.4 is 15.0 Å². The zero-order valence-electron chi connectivity index (χ0n) is 17.3. The van der Waals surface area contributed by atoms with Crippen LogP contribution in [0.3, 0.4) is 0 Å². The zero-order chi connectivity index (χ0) is 22.6. The van der Waals surface area contributed by atoms with Gasteiger partial charge in [0.05, 0.1) is 5.56 Å². The molecule has 1 aromatic heterocycles. The Balaban J connectivity index is 1.64. The van der Waals surface area contributed by atoms with E-state index in [0.29, 0.717) is 5.69 Å². The molecule has 31 heavy (non-hydrogen) atoms.